The first-order valence-corrected chi connectivity index (χ1v) is 7.37. The molecule has 106 valence electrons. The van der Waals surface area contributed by atoms with Crippen LogP contribution in [0.4, 0.5) is 0 Å². The van der Waals surface area contributed by atoms with Crippen LogP contribution in [0.1, 0.15) is 25.8 Å². The van der Waals surface area contributed by atoms with E-state index in [4.69, 9.17) is 9.47 Å². The van der Waals surface area contributed by atoms with Crippen molar-refractivity contribution in [2.75, 3.05) is 26.4 Å². The predicted octanol–water partition coefficient (Wildman–Crippen LogP) is 2.64. The van der Waals surface area contributed by atoms with Crippen LogP contribution in [0.2, 0.25) is 0 Å². The fraction of sp³-hybridized carbons (Fsp3) is 0.625. The lowest BCUT2D eigenvalue weighted by molar-refractivity contribution is 0.0822. The molecule has 2 rings (SSSR count). The van der Waals surface area contributed by atoms with Crippen molar-refractivity contribution in [1.82, 2.24) is 5.32 Å². The van der Waals surface area contributed by atoms with Crippen LogP contribution >= 0.6 is 0 Å². The summed E-state index contributed by atoms with van der Waals surface area (Å²) in [4.78, 5) is 0. The molecule has 1 aliphatic heterocycles. The van der Waals surface area contributed by atoms with Crippen LogP contribution in [0, 0.1) is 5.92 Å². The van der Waals surface area contributed by atoms with E-state index in [0.717, 1.165) is 45.0 Å². The predicted molar refractivity (Wildman–Crippen MR) is 77.7 cm³/mol. The van der Waals surface area contributed by atoms with Gasteiger partial charge in [0.25, 0.3) is 0 Å². The van der Waals surface area contributed by atoms with E-state index >= 15 is 0 Å². The van der Waals surface area contributed by atoms with Crippen molar-refractivity contribution in [1.29, 1.82) is 0 Å². The molecule has 0 fully saturated rings. The second-order valence-electron chi connectivity index (χ2n) is 5.10. The zero-order chi connectivity index (χ0) is 13.5. The highest BCUT2D eigenvalue weighted by Gasteiger charge is 2.27. The number of rotatable bonds is 7. The van der Waals surface area contributed by atoms with Crippen molar-refractivity contribution < 1.29 is 9.47 Å². The largest absolute Gasteiger partial charge is 0.493 e. The summed E-state index contributed by atoms with van der Waals surface area (Å²) in [6.07, 6.45) is 2.22. The molecule has 1 N–H and O–H groups in total. The molecule has 0 radical (unpaired) electrons. The van der Waals surface area contributed by atoms with Crippen LogP contribution in [-0.4, -0.2) is 32.4 Å². The van der Waals surface area contributed by atoms with Crippen LogP contribution in [0.5, 0.6) is 5.75 Å². The summed E-state index contributed by atoms with van der Waals surface area (Å²) in [5.41, 5.74) is 1.32. The quantitative estimate of drug-likeness (QED) is 0.820. The van der Waals surface area contributed by atoms with Crippen LogP contribution in [-0.2, 0) is 11.2 Å². The van der Waals surface area contributed by atoms with Gasteiger partial charge in [0.1, 0.15) is 5.75 Å². The van der Waals surface area contributed by atoms with Crippen LogP contribution in [0.3, 0.4) is 0 Å². The van der Waals surface area contributed by atoms with Gasteiger partial charge in [-0.1, -0.05) is 25.1 Å². The SMILES string of the molecule is CCCNC(COCC)C1COc2ccccc2C1. The maximum atomic E-state index is 5.88. The Morgan fingerprint density at radius 1 is 1.37 bits per heavy atom. The molecule has 0 saturated carbocycles. The normalized spacial score (nSPS) is 19.6. The summed E-state index contributed by atoms with van der Waals surface area (Å²) in [7, 11) is 0. The van der Waals surface area contributed by atoms with Crippen molar-refractivity contribution in [3.63, 3.8) is 0 Å². The van der Waals surface area contributed by atoms with Gasteiger partial charge in [-0.25, -0.2) is 0 Å². The molecule has 1 aromatic rings. The van der Waals surface area contributed by atoms with Gasteiger partial charge in [0.2, 0.25) is 0 Å². The third kappa shape index (κ3) is 3.95. The molecule has 3 heteroatoms. The van der Waals surface area contributed by atoms with Crippen molar-refractivity contribution in [3.05, 3.63) is 29.8 Å². The Balaban J connectivity index is 1.98. The van der Waals surface area contributed by atoms with Gasteiger partial charge in [-0.15, -0.1) is 0 Å². The Labute approximate surface area is 116 Å². The van der Waals surface area contributed by atoms with E-state index in [1.807, 2.05) is 13.0 Å². The third-order valence-electron chi connectivity index (χ3n) is 3.63. The third-order valence-corrected chi connectivity index (χ3v) is 3.63. The Kier molecular flexibility index (Phi) is 5.67. The molecule has 0 amide bonds. The molecule has 2 unspecified atom stereocenters. The maximum absolute atomic E-state index is 5.88. The maximum Gasteiger partial charge on any atom is 0.122 e. The monoisotopic (exact) mass is 263 g/mol. The first-order chi connectivity index (χ1) is 9.35. The molecular formula is C16H25NO2. The number of ether oxygens (including phenoxy) is 2. The van der Waals surface area contributed by atoms with Gasteiger partial charge in [-0.05, 0) is 37.9 Å². The minimum Gasteiger partial charge on any atom is -0.493 e. The van der Waals surface area contributed by atoms with E-state index < -0.39 is 0 Å². The smallest absolute Gasteiger partial charge is 0.122 e. The minimum atomic E-state index is 0.383. The zero-order valence-electron chi connectivity index (χ0n) is 12.0. The summed E-state index contributed by atoms with van der Waals surface area (Å²) < 4.78 is 11.5. The average Bonchev–Trinajstić information content (AvgIpc) is 2.47. The van der Waals surface area contributed by atoms with E-state index in [9.17, 15) is 0 Å². The van der Waals surface area contributed by atoms with E-state index in [-0.39, 0.29) is 0 Å². The number of fused-ring (bicyclic) bond motifs is 1. The minimum absolute atomic E-state index is 0.383. The number of hydrogen-bond donors (Lipinski definition) is 1. The Morgan fingerprint density at radius 2 is 2.21 bits per heavy atom. The number of para-hydroxylation sites is 1. The van der Waals surface area contributed by atoms with Crippen LogP contribution in [0.15, 0.2) is 24.3 Å². The molecule has 2 atom stereocenters. The summed E-state index contributed by atoms with van der Waals surface area (Å²) in [5, 5.41) is 3.60. The fourth-order valence-corrected chi connectivity index (χ4v) is 2.55. The summed E-state index contributed by atoms with van der Waals surface area (Å²) in [6.45, 7) is 7.60. The highest BCUT2D eigenvalue weighted by molar-refractivity contribution is 5.35. The van der Waals surface area contributed by atoms with Gasteiger partial charge in [-0.3, -0.25) is 0 Å². The van der Waals surface area contributed by atoms with Gasteiger partial charge in [-0.2, -0.15) is 0 Å². The second-order valence-corrected chi connectivity index (χ2v) is 5.10. The first-order valence-electron chi connectivity index (χ1n) is 7.37. The molecular weight excluding hydrogens is 238 g/mol. The van der Waals surface area contributed by atoms with Gasteiger partial charge in [0, 0.05) is 18.6 Å². The van der Waals surface area contributed by atoms with Gasteiger partial charge < -0.3 is 14.8 Å². The van der Waals surface area contributed by atoms with Gasteiger partial charge >= 0.3 is 0 Å². The molecule has 0 aromatic heterocycles. The average molecular weight is 263 g/mol. The van der Waals surface area contributed by atoms with E-state index in [1.54, 1.807) is 0 Å². The molecule has 1 aliphatic rings. The highest BCUT2D eigenvalue weighted by Crippen LogP contribution is 2.28. The molecule has 0 spiro atoms. The van der Waals surface area contributed by atoms with Gasteiger partial charge in [0.15, 0.2) is 0 Å². The topological polar surface area (TPSA) is 30.5 Å². The first kappa shape index (κ1) is 14.4. The summed E-state index contributed by atoms with van der Waals surface area (Å²) in [5.74, 6) is 1.54. The molecule has 19 heavy (non-hydrogen) atoms. The molecule has 3 nitrogen and oxygen atoms in total. The summed E-state index contributed by atoms with van der Waals surface area (Å²) >= 11 is 0. The standard InChI is InChI=1S/C16H25NO2/c1-3-9-17-15(12-18-4-2)14-10-13-7-5-6-8-16(13)19-11-14/h5-8,14-15,17H,3-4,9-12H2,1-2H3. The van der Waals surface area contributed by atoms with E-state index in [0.29, 0.717) is 12.0 Å². The molecule has 0 bridgehead atoms. The van der Waals surface area contributed by atoms with Gasteiger partial charge in [0.05, 0.1) is 13.2 Å². The van der Waals surface area contributed by atoms with Crippen molar-refractivity contribution in [2.45, 2.75) is 32.7 Å². The number of hydrogen-bond acceptors (Lipinski definition) is 3. The Hall–Kier alpha value is -1.06. The lowest BCUT2D eigenvalue weighted by atomic mass is 9.90. The molecule has 1 aromatic carbocycles. The molecule has 0 aliphatic carbocycles. The highest BCUT2D eigenvalue weighted by atomic mass is 16.5. The van der Waals surface area contributed by atoms with E-state index in [2.05, 4.69) is 30.4 Å². The van der Waals surface area contributed by atoms with E-state index in [1.165, 1.54) is 5.56 Å². The lowest BCUT2D eigenvalue weighted by Crippen LogP contribution is -2.45. The van der Waals surface area contributed by atoms with Crippen LogP contribution < -0.4 is 10.1 Å². The van der Waals surface area contributed by atoms with Crippen LogP contribution in [0.25, 0.3) is 0 Å². The lowest BCUT2D eigenvalue weighted by Gasteiger charge is -2.32. The van der Waals surface area contributed by atoms with Crippen molar-refractivity contribution >= 4 is 0 Å². The Morgan fingerprint density at radius 3 is 3.00 bits per heavy atom. The summed E-state index contributed by atoms with van der Waals surface area (Å²) in [6, 6.07) is 8.73. The number of benzene rings is 1. The molecule has 1 heterocycles. The molecule has 0 saturated heterocycles. The fourth-order valence-electron chi connectivity index (χ4n) is 2.55. The van der Waals surface area contributed by atoms with Crippen molar-refractivity contribution in [2.24, 2.45) is 5.92 Å². The second kappa shape index (κ2) is 7.51. The zero-order valence-corrected chi connectivity index (χ0v) is 12.0. The Bertz CT molecular complexity index is 373. The number of nitrogens with one attached hydrogen (secondary N) is 1. The van der Waals surface area contributed by atoms with Crippen molar-refractivity contribution in [3.8, 4) is 5.75 Å².